The van der Waals surface area contributed by atoms with Crippen molar-refractivity contribution in [2.24, 2.45) is 5.73 Å². The summed E-state index contributed by atoms with van der Waals surface area (Å²) in [5.41, 5.74) is 3.04. The normalized spacial score (nSPS) is 10.8. The minimum atomic E-state index is -3.01. The van der Waals surface area contributed by atoms with Gasteiger partial charge in [0.15, 0.2) is 5.82 Å². The van der Waals surface area contributed by atoms with Crippen molar-refractivity contribution in [2.45, 2.75) is 13.0 Å². The van der Waals surface area contributed by atoms with Crippen LogP contribution in [0.5, 0.6) is 0 Å². The Labute approximate surface area is 71.4 Å². The zero-order valence-electron chi connectivity index (χ0n) is 6.48. The van der Waals surface area contributed by atoms with E-state index < -0.39 is 23.4 Å². The summed E-state index contributed by atoms with van der Waals surface area (Å²) in [6, 6.07) is 0.527. The maximum Gasteiger partial charge on any atom is 0.266 e. The molecule has 72 valence electrons. The Morgan fingerprint density at radius 2 is 2.15 bits per heavy atom. The SMILES string of the molecule is NCc1[nH]c(=O)cc(C(F)F)c1F. The first-order valence-corrected chi connectivity index (χ1v) is 3.46. The Bertz CT molecular complexity index is 361. The fraction of sp³-hybridized carbons (Fsp3) is 0.286. The maximum atomic E-state index is 13.0. The van der Waals surface area contributed by atoms with E-state index in [2.05, 4.69) is 0 Å². The van der Waals surface area contributed by atoms with Gasteiger partial charge in [0.2, 0.25) is 5.56 Å². The molecule has 6 heteroatoms. The molecule has 13 heavy (non-hydrogen) atoms. The van der Waals surface area contributed by atoms with Crippen molar-refractivity contribution < 1.29 is 13.2 Å². The second-order valence-electron chi connectivity index (χ2n) is 2.39. The third kappa shape index (κ3) is 1.89. The molecule has 0 amide bonds. The summed E-state index contributed by atoms with van der Waals surface area (Å²) in [4.78, 5) is 12.7. The van der Waals surface area contributed by atoms with Crippen LogP contribution in [0.4, 0.5) is 13.2 Å². The Balaban J connectivity index is 3.36. The van der Waals surface area contributed by atoms with E-state index in [1.54, 1.807) is 0 Å². The van der Waals surface area contributed by atoms with E-state index in [1.165, 1.54) is 0 Å². The zero-order valence-corrected chi connectivity index (χ0v) is 6.48. The second kappa shape index (κ2) is 3.61. The first-order chi connectivity index (χ1) is 6.06. The second-order valence-corrected chi connectivity index (χ2v) is 2.39. The lowest BCUT2D eigenvalue weighted by molar-refractivity contribution is 0.145. The monoisotopic (exact) mass is 192 g/mol. The van der Waals surface area contributed by atoms with Gasteiger partial charge in [-0.1, -0.05) is 0 Å². The Kier molecular flexibility index (Phi) is 2.72. The van der Waals surface area contributed by atoms with E-state index in [0.29, 0.717) is 6.07 Å². The van der Waals surface area contributed by atoms with Crippen molar-refractivity contribution in [2.75, 3.05) is 0 Å². The lowest BCUT2D eigenvalue weighted by atomic mass is 10.2. The van der Waals surface area contributed by atoms with Crippen molar-refractivity contribution in [3.05, 3.63) is 33.5 Å². The van der Waals surface area contributed by atoms with Gasteiger partial charge < -0.3 is 10.7 Å². The highest BCUT2D eigenvalue weighted by molar-refractivity contribution is 5.20. The number of alkyl halides is 2. The van der Waals surface area contributed by atoms with E-state index >= 15 is 0 Å². The lowest BCUT2D eigenvalue weighted by Crippen LogP contribution is -2.16. The molecule has 0 aliphatic carbocycles. The van der Waals surface area contributed by atoms with Gasteiger partial charge in [-0.05, 0) is 0 Å². The van der Waals surface area contributed by atoms with Gasteiger partial charge in [-0.2, -0.15) is 0 Å². The van der Waals surface area contributed by atoms with Crippen molar-refractivity contribution >= 4 is 0 Å². The molecular formula is C7H7F3N2O. The Morgan fingerprint density at radius 3 is 2.62 bits per heavy atom. The van der Waals surface area contributed by atoms with Crippen LogP contribution >= 0.6 is 0 Å². The summed E-state index contributed by atoms with van der Waals surface area (Å²) in [6.07, 6.45) is -3.01. The average Bonchev–Trinajstić information content (AvgIpc) is 2.08. The number of hydrogen-bond acceptors (Lipinski definition) is 2. The molecule has 3 N–H and O–H groups in total. The lowest BCUT2D eigenvalue weighted by Gasteiger charge is -2.04. The van der Waals surface area contributed by atoms with E-state index in [4.69, 9.17) is 5.73 Å². The molecule has 0 spiro atoms. The Hall–Kier alpha value is -1.30. The van der Waals surface area contributed by atoms with Gasteiger partial charge in [0.1, 0.15) is 0 Å². The standard InChI is InChI=1S/C7H7F3N2O/c8-6-3(7(9)10)1-5(13)12-4(6)2-11/h1,7H,2,11H2,(H,12,13). The van der Waals surface area contributed by atoms with Crippen LogP contribution in [-0.4, -0.2) is 4.98 Å². The van der Waals surface area contributed by atoms with Gasteiger partial charge >= 0.3 is 0 Å². The summed E-state index contributed by atoms with van der Waals surface area (Å²) in [6.45, 7) is -0.318. The molecule has 0 aromatic carbocycles. The van der Waals surface area contributed by atoms with Crippen LogP contribution < -0.4 is 11.3 Å². The molecular weight excluding hydrogens is 185 g/mol. The van der Waals surface area contributed by atoms with Crippen LogP contribution in [0.2, 0.25) is 0 Å². The van der Waals surface area contributed by atoms with Crippen LogP contribution in [0.25, 0.3) is 0 Å². The molecule has 1 rings (SSSR count). The van der Waals surface area contributed by atoms with Gasteiger partial charge in [-0.25, -0.2) is 13.2 Å². The van der Waals surface area contributed by atoms with Gasteiger partial charge in [-0.3, -0.25) is 4.79 Å². The fourth-order valence-electron chi connectivity index (χ4n) is 0.918. The fourth-order valence-corrected chi connectivity index (χ4v) is 0.918. The first-order valence-electron chi connectivity index (χ1n) is 3.46. The number of pyridine rings is 1. The van der Waals surface area contributed by atoms with E-state index in [1.807, 2.05) is 4.98 Å². The molecule has 0 saturated heterocycles. The molecule has 1 aromatic heterocycles. The molecule has 0 aliphatic rings. The number of aromatic amines is 1. The predicted octanol–water partition coefficient (Wildman–Crippen LogP) is 0.910. The molecule has 0 atom stereocenters. The van der Waals surface area contributed by atoms with Gasteiger partial charge in [0.25, 0.3) is 6.43 Å². The molecule has 0 bridgehead atoms. The minimum Gasteiger partial charge on any atom is -0.325 e. The number of nitrogens with two attached hydrogens (primary N) is 1. The van der Waals surface area contributed by atoms with Crippen LogP contribution in [0.15, 0.2) is 10.9 Å². The van der Waals surface area contributed by atoms with Crippen molar-refractivity contribution in [3.8, 4) is 0 Å². The van der Waals surface area contributed by atoms with Crippen LogP contribution in [0, 0.1) is 5.82 Å². The summed E-state index contributed by atoms with van der Waals surface area (Å²) < 4.78 is 37.2. The number of aromatic nitrogens is 1. The Morgan fingerprint density at radius 1 is 1.54 bits per heavy atom. The number of H-pyrrole nitrogens is 1. The van der Waals surface area contributed by atoms with Crippen LogP contribution in [0.3, 0.4) is 0 Å². The summed E-state index contributed by atoms with van der Waals surface area (Å²) in [5.74, 6) is -1.14. The van der Waals surface area contributed by atoms with E-state index in [9.17, 15) is 18.0 Å². The van der Waals surface area contributed by atoms with E-state index in [-0.39, 0.29) is 12.2 Å². The molecule has 0 radical (unpaired) electrons. The molecule has 0 saturated carbocycles. The summed E-state index contributed by atoms with van der Waals surface area (Å²) >= 11 is 0. The largest absolute Gasteiger partial charge is 0.325 e. The van der Waals surface area contributed by atoms with Crippen molar-refractivity contribution in [1.82, 2.24) is 4.98 Å². The molecule has 1 aromatic rings. The third-order valence-corrected chi connectivity index (χ3v) is 1.52. The molecule has 3 nitrogen and oxygen atoms in total. The van der Waals surface area contributed by atoms with Crippen LogP contribution in [-0.2, 0) is 6.54 Å². The molecule has 0 unspecified atom stereocenters. The van der Waals surface area contributed by atoms with Crippen LogP contribution in [0.1, 0.15) is 17.7 Å². The minimum absolute atomic E-state index is 0.303. The summed E-state index contributed by atoms with van der Waals surface area (Å²) in [7, 11) is 0. The van der Waals surface area contributed by atoms with Crippen molar-refractivity contribution in [1.29, 1.82) is 0 Å². The third-order valence-electron chi connectivity index (χ3n) is 1.52. The smallest absolute Gasteiger partial charge is 0.266 e. The highest BCUT2D eigenvalue weighted by Crippen LogP contribution is 2.21. The summed E-state index contributed by atoms with van der Waals surface area (Å²) in [5, 5.41) is 0. The quantitative estimate of drug-likeness (QED) is 0.731. The van der Waals surface area contributed by atoms with Gasteiger partial charge in [-0.15, -0.1) is 0 Å². The first kappa shape index (κ1) is 9.79. The van der Waals surface area contributed by atoms with Gasteiger partial charge in [0, 0.05) is 12.6 Å². The molecule has 0 aliphatic heterocycles. The van der Waals surface area contributed by atoms with Gasteiger partial charge in [0.05, 0.1) is 11.3 Å². The number of hydrogen-bond donors (Lipinski definition) is 2. The molecule has 1 heterocycles. The number of rotatable bonds is 2. The number of halogens is 3. The number of nitrogens with one attached hydrogen (secondary N) is 1. The highest BCUT2D eigenvalue weighted by atomic mass is 19.3. The molecule has 0 fully saturated rings. The highest BCUT2D eigenvalue weighted by Gasteiger charge is 2.17. The predicted molar refractivity (Wildman–Crippen MR) is 39.9 cm³/mol. The van der Waals surface area contributed by atoms with Crippen molar-refractivity contribution in [3.63, 3.8) is 0 Å². The maximum absolute atomic E-state index is 13.0. The zero-order chi connectivity index (χ0) is 10.0. The topological polar surface area (TPSA) is 58.9 Å². The average molecular weight is 192 g/mol. The van der Waals surface area contributed by atoms with E-state index in [0.717, 1.165) is 0 Å².